The fourth-order valence-corrected chi connectivity index (χ4v) is 1.31. The van der Waals surface area contributed by atoms with Gasteiger partial charge >= 0.3 is 0 Å². The van der Waals surface area contributed by atoms with Gasteiger partial charge in [0.25, 0.3) is 0 Å². The van der Waals surface area contributed by atoms with Crippen LogP contribution >= 0.6 is 12.4 Å². The molecule has 0 heterocycles. The molecule has 90 valence electrons. The molecule has 0 saturated carbocycles. The number of halogens is 1. The molecule has 1 aromatic rings. The Kier molecular flexibility index (Phi) is 7.42. The molecule has 1 aromatic carbocycles. The summed E-state index contributed by atoms with van der Waals surface area (Å²) >= 11 is 0. The Morgan fingerprint density at radius 1 is 1.31 bits per heavy atom. The summed E-state index contributed by atoms with van der Waals surface area (Å²) in [5.41, 5.74) is 1.11. The number of rotatable bonds is 6. The molecule has 0 aromatic heterocycles. The summed E-state index contributed by atoms with van der Waals surface area (Å²) in [6.07, 6.45) is 1.83. The fraction of sp³-hybridized carbons (Fsp3) is 0.333. The molecule has 0 spiro atoms. The second-order valence-corrected chi connectivity index (χ2v) is 3.10. The van der Waals surface area contributed by atoms with Crippen molar-refractivity contribution in [3.8, 4) is 11.5 Å². The van der Waals surface area contributed by atoms with Crippen LogP contribution in [0, 0.1) is 0 Å². The van der Waals surface area contributed by atoms with Gasteiger partial charge in [-0.2, -0.15) is 0 Å². The first kappa shape index (κ1) is 14.8. The zero-order valence-electron chi connectivity index (χ0n) is 9.66. The summed E-state index contributed by atoms with van der Waals surface area (Å²) < 4.78 is 10.4. The van der Waals surface area contributed by atoms with Crippen molar-refractivity contribution in [2.24, 2.45) is 0 Å². The van der Waals surface area contributed by atoms with Crippen LogP contribution in [0.4, 0.5) is 0 Å². The fourth-order valence-electron chi connectivity index (χ4n) is 1.31. The summed E-state index contributed by atoms with van der Waals surface area (Å²) in [6.45, 7) is 5.20. The number of hydrogen-bond acceptors (Lipinski definition) is 3. The third-order valence-electron chi connectivity index (χ3n) is 2.10. The smallest absolute Gasteiger partial charge is 0.127 e. The lowest BCUT2D eigenvalue weighted by atomic mass is 10.2. The SMILES string of the molecule is C=CCNCc1ccc(OC)cc1OC.Cl. The van der Waals surface area contributed by atoms with E-state index in [0.717, 1.165) is 30.2 Å². The highest BCUT2D eigenvalue weighted by molar-refractivity contribution is 5.85. The second-order valence-electron chi connectivity index (χ2n) is 3.10. The lowest BCUT2D eigenvalue weighted by Gasteiger charge is -2.10. The van der Waals surface area contributed by atoms with Crippen molar-refractivity contribution in [2.45, 2.75) is 6.54 Å². The maximum Gasteiger partial charge on any atom is 0.127 e. The number of nitrogens with one attached hydrogen (secondary N) is 1. The Labute approximate surface area is 103 Å². The molecule has 0 saturated heterocycles. The van der Waals surface area contributed by atoms with Crippen LogP contribution in [0.15, 0.2) is 30.9 Å². The van der Waals surface area contributed by atoms with Crippen LogP contribution in [0.5, 0.6) is 11.5 Å². The van der Waals surface area contributed by atoms with Gasteiger partial charge in [-0.15, -0.1) is 19.0 Å². The topological polar surface area (TPSA) is 30.5 Å². The largest absolute Gasteiger partial charge is 0.497 e. The number of methoxy groups -OCH3 is 2. The Hall–Kier alpha value is -1.19. The van der Waals surface area contributed by atoms with Crippen LogP contribution in [0.25, 0.3) is 0 Å². The van der Waals surface area contributed by atoms with Crippen molar-refractivity contribution in [3.63, 3.8) is 0 Å². The molecule has 1 rings (SSSR count). The van der Waals surface area contributed by atoms with E-state index in [0.29, 0.717) is 0 Å². The van der Waals surface area contributed by atoms with E-state index >= 15 is 0 Å². The van der Waals surface area contributed by atoms with Gasteiger partial charge in [0, 0.05) is 24.7 Å². The van der Waals surface area contributed by atoms with Gasteiger partial charge in [-0.1, -0.05) is 12.1 Å². The molecule has 0 aliphatic heterocycles. The van der Waals surface area contributed by atoms with E-state index < -0.39 is 0 Å². The third kappa shape index (κ3) is 4.13. The lowest BCUT2D eigenvalue weighted by molar-refractivity contribution is 0.390. The quantitative estimate of drug-likeness (QED) is 0.615. The normalized spacial score (nSPS) is 9.12. The van der Waals surface area contributed by atoms with Crippen molar-refractivity contribution in [2.75, 3.05) is 20.8 Å². The molecule has 0 amide bonds. The molecule has 4 heteroatoms. The van der Waals surface area contributed by atoms with Crippen LogP contribution in [0.3, 0.4) is 0 Å². The van der Waals surface area contributed by atoms with Crippen molar-refractivity contribution in [3.05, 3.63) is 36.4 Å². The number of hydrogen-bond donors (Lipinski definition) is 1. The summed E-state index contributed by atoms with van der Waals surface area (Å²) in [6, 6.07) is 5.80. The highest BCUT2D eigenvalue weighted by atomic mass is 35.5. The van der Waals surface area contributed by atoms with E-state index in [2.05, 4.69) is 11.9 Å². The molecular weight excluding hydrogens is 226 g/mol. The van der Waals surface area contributed by atoms with Gasteiger partial charge in [-0.25, -0.2) is 0 Å². The van der Waals surface area contributed by atoms with E-state index in [1.54, 1.807) is 14.2 Å². The van der Waals surface area contributed by atoms with Crippen LogP contribution in [0.1, 0.15) is 5.56 Å². The standard InChI is InChI=1S/C12H17NO2.ClH/c1-4-7-13-9-10-5-6-11(14-2)8-12(10)15-3;/h4-6,8,13H,1,7,9H2,2-3H3;1H. The molecule has 0 bridgehead atoms. The van der Waals surface area contributed by atoms with Gasteiger partial charge in [-0.3, -0.25) is 0 Å². The molecule has 0 aliphatic rings. The van der Waals surface area contributed by atoms with E-state index in [1.165, 1.54) is 0 Å². The first-order chi connectivity index (χ1) is 7.31. The summed E-state index contributed by atoms with van der Waals surface area (Å²) in [5, 5.41) is 3.22. The van der Waals surface area contributed by atoms with Crippen LogP contribution < -0.4 is 14.8 Å². The molecular formula is C12H18ClNO2. The first-order valence-corrected chi connectivity index (χ1v) is 4.84. The first-order valence-electron chi connectivity index (χ1n) is 4.84. The van der Waals surface area contributed by atoms with Gasteiger partial charge in [0.15, 0.2) is 0 Å². The van der Waals surface area contributed by atoms with Gasteiger partial charge in [0.05, 0.1) is 14.2 Å². The lowest BCUT2D eigenvalue weighted by Crippen LogP contribution is -2.13. The molecule has 3 nitrogen and oxygen atoms in total. The van der Waals surface area contributed by atoms with Gasteiger partial charge in [-0.05, 0) is 6.07 Å². The molecule has 0 radical (unpaired) electrons. The van der Waals surface area contributed by atoms with E-state index in [9.17, 15) is 0 Å². The second kappa shape index (κ2) is 8.02. The average Bonchev–Trinajstić information content (AvgIpc) is 2.29. The number of ether oxygens (including phenoxy) is 2. The average molecular weight is 244 g/mol. The molecule has 0 fully saturated rings. The van der Waals surface area contributed by atoms with E-state index in [-0.39, 0.29) is 12.4 Å². The van der Waals surface area contributed by atoms with E-state index in [4.69, 9.17) is 9.47 Å². The van der Waals surface area contributed by atoms with E-state index in [1.807, 2.05) is 24.3 Å². The zero-order chi connectivity index (χ0) is 11.1. The van der Waals surface area contributed by atoms with Gasteiger partial charge in [0.2, 0.25) is 0 Å². The number of benzene rings is 1. The van der Waals surface area contributed by atoms with Crippen LogP contribution in [-0.2, 0) is 6.54 Å². The van der Waals surface area contributed by atoms with Crippen molar-refractivity contribution < 1.29 is 9.47 Å². The van der Waals surface area contributed by atoms with Crippen LogP contribution in [0.2, 0.25) is 0 Å². The predicted octanol–water partition coefficient (Wildman–Crippen LogP) is 2.40. The Bertz CT molecular complexity index is 329. The predicted molar refractivity (Wildman–Crippen MR) is 68.7 cm³/mol. The Morgan fingerprint density at radius 2 is 2.06 bits per heavy atom. The summed E-state index contributed by atoms with van der Waals surface area (Å²) in [4.78, 5) is 0. The minimum absolute atomic E-state index is 0. The third-order valence-corrected chi connectivity index (χ3v) is 2.10. The Balaban J connectivity index is 0.00000225. The monoisotopic (exact) mass is 243 g/mol. The van der Waals surface area contributed by atoms with Crippen molar-refractivity contribution in [1.82, 2.24) is 5.32 Å². The van der Waals surface area contributed by atoms with Crippen molar-refractivity contribution >= 4 is 12.4 Å². The highest BCUT2D eigenvalue weighted by Gasteiger charge is 2.03. The maximum atomic E-state index is 5.27. The minimum atomic E-state index is 0. The molecule has 0 unspecified atom stereocenters. The molecule has 1 N–H and O–H groups in total. The zero-order valence-corrected chi connectivity index (χ0v) is 10.5. The van der Waals surface area contributed by atoms with Crippen LogP contribution in [-0.4, -0.2) is 20.8 Å². The molecule has 16 heavy (non-hydrogen) atoms. The summed E-state index contributed by atoms with van der Waals surface area (Å²) in [5.74, 6) is 1.64. The molecule has 0 aliphatic carbocycles. The van der Waals surface area contributed by atoms with Crippen molar-refractivity contribution in [1.29, 1.82) is 0 Å². The highest BCUT2D eigenvalue weighted by Crippen LogP contribution is 2.24. The molecule has 0 atom stereocenters. The van der Waals surface area contributed by atoms with Gasteiger partial charge in [0.1, 0.15) is 11.5 Å². The maximum absolute atomic E-state index is 5.27. The Morgan fingerprint density at radius 3 is 2.62 bits per heavy atom. The summed E-state index contributed by atoms with van der Waals surface area (Å²) in [7, 11) is 3.30. The minimum Gasteiger partial charge on any atom is -0.497 e. The van der Waals surface area contributed by atoms with Gasteiger partial charge < -0.3 is 14.8 Å².